The highest BCUT2D eigenvalue weighted by atomic mass is 19.4. The first kappa shape index (κ1) is 26.8. The molecule has 0 radical (unpaired) electrons. The number of halogens is 3. The third-order valence-electron chi connectivity index (χ3n) is 8.02. The molecule has 2 aromatic heterocycles. The van der Waals surface area contributed by atoms with Crippen molar-refractivity contribution in [3.63, 3.8) is 0 Å². The van der Waals surface area contributed by atoms with E-state index in [0.29, 0.717) is 44.7 Å². The fourth-order valence-electron chi connectivity index (χ4n) is 5.74. The first-order valence-electron chi connectivity index (χ1n) is 13.2. The van der Waals surface area contributed by atoms with E-state index in [1.807, 2.05) is 23.1 Å². The van der Waals surface area contributed by atoms with Crippen molar-refractivity contribution in [2.75, 3.05) is 30.3 Å². The molecule has 41 heavy (non-hydrogen) atoms. The van der Waals surface area contributed by atoms with Gasteiger partial charge in [-0.15, -0.1) is 0 Å². The Bertz CT molecular complexity index is 1570. The van der Waals surface area contributed by atoms with Gasteiger partial charge in [-0.25, -0.2) is 4.98 Å². The van der Waals surface area contributed by atoms with E-state index in [4.69, 9.17) is 10.5 Å². The lowest BCUT2D eigenvalue weighted by Gasteiger charge is -2.39. The number of H-pyrrole nitrogens is 1. The van der Waals surface area contributed by atoms with E-state index in [9.17, 15) is 23.1 Å². The number of nitrogens with zero attached hydrogens (tertiary/aromatic N) is 4. The van der Waals surface area contributed by atoms with E-state index < -0.39 is 24.3 Å². The van der Waals surface area contributed by atoms with Crippen LogP contribution >= 0.6 is 0 Å². The van der Waals surface area contributed by atoms with Crippen molar-refractivity contribution in [3.8, 4) is 17.0 Å². The summed E-state index contributed by atoms with van der Waals surface area (Å²) >= 11 is 0. The molecule has 0 unspecified atom stereocenters. The maximum atomic E-state index is 14.2. The minimum atomic E-state index is -4.72. The number of imidazole rings is 1. The number of hydrogen-bond donors (Lipinski definition) is 4. The summed E-state index contributed by atoms with van der Waals surface area (Å²) in [6, 6.07) is 12.4. The molecule has 0 aliphatic carbocycles. The summed E-state index contributed by atoms with van der Waals surface area (Å²) in [5.41, 5.74) is 8.86. The normalized spacial score (nSPS) is 19.5. The Morgan fingerprint density at radius 3 is 2.51 bits per heavy atom. The Morgan fingerprint density at radius 2 is 1.83 bits per heavy atom. The summed E-state index contributed by atoms with van der Waals surface area (Å²) in [6.45, 7) is 1.72. The van der Waals surface area contributed by atoms with Crippen LogP contribution in [0, 0.1) is 5.41 Å². The molecule has 0 saturated carbocycles. The van der Waals surface area contributed by atoms with Gasteiger partial charge in [0.1, 0.15) is 11.9 Å². The Kier molecular flexibility index (Phi) is 6.68. The van der Waals surface area contributed by atoms with E-state index in [0.717, 1.165) is 22.2 Å². The molecule has 0 amide bonds. The van der Waals surface area contributed by atoms with Crippen molar-refractivity contribution < 1.29 is 27.8 Å². The SMILES string of the molecule is Nc1nc(O[C@H](c2ccc(-c3ccc4[nH]cnc4c3)cc2)C(F)(F)F)cc(N2CCC3(CC2)CN[C@H](C(=O)O)C3)n1. The standard InChI is InChI=1S/C28H28F3N7O3/c29-28(30,31)24(17-3-1-16(2-4-17)18-5-6-19-20(11-18)35-15-34-19)41-23-12-22(36-26(32)37-23)38-9-7-27(8-10-38)13-21(25(39)40)33-14-27/h1-6,11-12,15,21,24,33H,7-10,13-14H2,(H,34,35)(H,39,40)(H2,32,36,37)/t21-,24+/m0/s1. The van der Waals surface area contributed by atoms with Crippen LogP contribution in [0.25, 0.3) is 22.2 Å². The molecule has 2 fully saturated rings. The fourth-order valence-corrected chi connectivity index (χ4v) is 5.74. The Balaban J connectivity index is 1.19. The highest BCUT2D eigenvalue weighted by Gasteiger charge is 2.45. The van der Waals surface area contributed by atoms with Crippen molar-refractivity contribution in [1.29, 1.82) is 0 Å². The number of ether oxygens (including phenoxy) is 1. The van der Waals surface area contributed by atoms with Crippen molar-refractivity contribution >= 4 is 28.8 Å². The van der Waals surface area contributed by atoms with E-state index in [-0.39, 0.29) is 22.8 Å². The molecule has 5 N–H and O–H groups in total. The number of carboxylic acid groups (broad SMARTS) is 1. The van der Waals surface area contributed by atoms with Crippen LogP contribution in [0.15, 0.2) is 54.9 Å². The Hall–Kier alpha value is -4.39. The van der Waals surface area contributed by atoms with Crippen LogP contribution in [-0.2, 0) is 4.79 Å². The molecule has 10 nitrogen and oxygen atoms in total. The molecule has 2 aliphatic rings. The molecule has 2 atom stereocenters. The number of nitrogen functional groups attached to an aromatic ring is 1. The van der Waals surface area contributed by atoms with Crippen LogP contribution in [0.3, 0.4) is 0 Å². The molecular formula is C28H28F3N7O3. The summed E-state index contributed by atoms with van der Waals surface area (Å²) in [5.74, 6) is -0.972. The molecule has 4 aromatic rings. The van der Waals surface area contributed by atoms with Crippen LogP contribution in [-0.4, -0.2) is 62.9 Å². The lowest BCUT2D eigenvalue weighted by atomic mass is 9.76. The minimum Gasteiger partial charge on any atom is -0.480 e. The van der Waals surface area contributed by atoms with Gasteiger partial charge in [-0.2, -0.15) is 23.1 Å². The topological polar surface area (TPSA) is 142 Å². The fraction of sp³-hybridized carbons (Fsp3) is 0.357. The van der Waals surface area contributed by atoms with Crippen molar-refractivity contribution in [2.24, 2.45) is 5.41 Å². The number of alkyl halides is 3. The number of hydrogen-bond acceptors (Lipinski definition) is 8. The van der Waals surface area contributed by atoms with Gasteiger partial charge >= 0.3 is 12.1 Å². The third-order valence-corrected chi connectivity index (χ3v) is 8.02. The maximum Gasteiger partial charge on any atom is 0.429 e. The number of nitrogens with one attached hydrogen (secondary N) is 2. The number of benzene rings is 2. The highest BCUT2D eigenvalue weighted by molar-refractivity contribution is 5.81. The Morgan fingerprint density at radius 1 is 1.10 bits per heavy atom. The summed E-state index contributed by atoms with van der Waals surface area (Å²) in [4.78, 5) is 28.7. The van der Waals surface area contributed by atoms with Gasteiger partial charge in [0.05, 0.1) is 17.4 Å². The van der Waals surface area contributed by atoms with Gasteiger partial charge in [-0.3, -0.25) is 4.79 Å². The van der Waals surface area contributed by atoms with Crippen LogP contribution in [0.1, 0.15) is 30.9 Å². The summed E-state index contributed by atoms with van der Waals surface area (Å²) in [7, 11) is 0. The maximum absolute atomic E-state index is 14.2. The number of aliphatic carboxylic acids is 1. The molecule has 214 valence electrons. The molecule has 2 aromatic carbocycles. The molecule has 2 aliphatic heterocycles. The quantitative estimate of drug-likeness (QED) is 0.268. The van der Waals surface area contributed by atoms with Crippen LogP contribution < -0.4 is 20.7 Å². The highest BCUT2D eigenvalue weighted by Crippen LogP contribution is 2.41. The molecule has 1 spiro atoms. The molecule has 0 bridgehead atoms. The second kappa shape index (κ2) is 10.2. The predicted molar refractivity (Wildman–Crippen MR) is 145 cm³/mol. The number of fused-ring (bicyclic) bond motifs is 1. The first-order chi connectivity index (χ1) is 19.6. The van der Waals surface area contributed by atoms with Gasteiger partial charge in [0.25, 0.3) is 0 Å². The smallest absolute Gasteiger partial charge is 0.429 e. The van der Waals surface area contributed by atoms with E-state index in [1.54, 1.807) is 18.5 Å². The number of nitrogens with two attached hydrogens (primary N) is 1. The van der Waals surface area contributed by atoms with E-state index >= 15 is 0 Å². The van der Waals surface area contributed by atoms with Gasteiger partial charge in [-0.1, -0.05) is 30.3 Å². The zero-order valence-electron chi connectivity index (χ0n) is 21.9. The van der Waals surface area contributed by atoms with Gasteiger partial charge in [0.2, 0.25) is 17.9 Å². The number of carboxylic acids is 1. The second-order valence-corrected chi connectivity index (χ2v) is 10.7. The predicted octanol–water partition coefficient (Wildman–Crippen LogP) is 4.32. The number of aromatic nitrogens is 4. The molecule has 13 heteroatoms. The number of piperidine rings is 1. The van der Waals surface area contributed by atoms with Crippen LogP contribution in [0.4, 0.5) is 24.9 Å². The monoisotopic (exact) mass is 567 g/mol. The second-order valence-electron chi connectivity index (χ2n) is 10.7. The minimum absolute atomic E-state index is 0.0811. The van der Waals surface area contributed by atoms with Crippen molar-refractivity contribution in [2.45, 2.75) is 37.6 Å². The lowest BCUT2D eigenvalue weighted by molar-refractivity contribution is -0.198. The summed E-state index contributed by atoms with van der Waals surface area (Å²) in [5, 5.41) is 12.4. The third kappa shape index (κ3) is 5.49. The largest absolute Gasteiger partial charge is 0.480 e. The lowest BCUT2D eigenvalue weighted by Crippen LogP contribution is -2.41. The van der Waals surface area contributed by atoms with Gasteiger partial charge in [0.15, 0.2) is 0 Å². The van der Waals surface area contributed by atoms with Crippen LogP contribution in [0.5, 0.6) is 5.88 Å². The average Bonchev–Trinajstić information content (AvgIpc) is 3.58. The van der Waals surface area contributed by atoms with E-state index in [1.165, 1.54) is 18.2 Å². The average molecular weight is 568 g/mol. The number of rotatable bonds is 6. The number of anilines is 2. The van der Waals surface area contributed by atoms with E-state index in [2.05, 4.69) is 25.3 Å². The van der Waals surface area contributed by atoms with Gasteiger partial charge < -0.3 is 30.8 Å². The zero-order valence-corrected chi connectivity index (χ0v) is 21.9. The molecule has 2 saturated heterocycles. The first-order valence-corrected chi connectivity index (χ1v) is 13.2. The molecule has 4 heterocycles. The summed E-state index contributed by atoms with van der Waals surface area (Å²) in [6.07, 6.45) is -3.43. The Labute approximate surface area is 232 Å². The van der Waals surface area contributed by atoms with Gasteiger partial charge in [0, 0.05) is 31.3 Å². The molecule has 6 rings (SSSR count). The summed E-state index contributed by atoms with van der Waals surface area (Å²) < 4.78 is 48.0. The number of carbonyl (C=O) groups is 1. The van der Waals surface area contributed by atoms with Gasteiger partial charge in [-0.05, 0) is 47.9 Å². The van der Waals surface area contributed by atoms with Crippen LogP contribution in [0.2, 0.25) is 0 Å². The zero-order chi connectivity index (χ0) is 28.8. The van der Waals surface area contributed by atoms with Crippen molar-refractivity contribution in [3.05, 3.63) is 60.4 Å². The van der Waals surface area contributed by atoms with Crippen molar-refractivity contribution in [1.82, 2.24) is 25.3 Å². The number of aromatic amines is 1. The molecular weight excluding hydrogens is 539 g/mol.